The van der Waals surface area contributed by atoms with Crippen molar-refractivity contribution < 1.29 is 23.6 Å². The molecule has 3 rings (SSSR count). The van der Waals surface area contributed by atoms with E-state index in [1.807, 2.05) is 24.3 Å². The minimum Gasteiger partial charge on any atom is -0.491 e. The van der Waals surface area contributed by atoms with Gasteiger partial charge in [0, 0.05) is 19.1 Å². The van der Waals surface area contributed by atoms with Crippen molar-refractivity contribution in [2.75, 3.05) is 13.2 Å². The molecule has 0 aromatic heterocycles. The molecule has 0 unspecified atom stereocenters. The average molecular weight is 579 g/mol. The van der Waals surface area contributed by atoms with Crippen LogP contribution in [-0.4, -0.2) is 32.4 Å². The summed E-state index contributed by atoms with van der Waals surface area (Å²) in [6.07, 6.45) is 20.9. The second-order valence-electron chi connectivity index (χ2n) is 12.1. The van der Waals surface area contributed by atoms with Gasteiger partial charge in [-0.15, -0.1) is 0 Å². The maximum Gasteiger partial charge on any atom is 0.493 e. The molecular formula is C36H55BO5. The van der Waals surface area contributed by atoms with Gasteiger partial charge in [0.2, 0.25) is 0 Å². The van der Waals surface area contributed by atoms with E-state index in [4.69, 9.17) is 18.8 Å². The van der Waals surface area contributed by atoms with Crippen LogP contribution in [0.5, 0.6) is 11.5 Å². The van der Waals surface area contributed by atoms with Crippen molar-refractivity contribution in [3.63, 3.8) is 0 Å². The fourth-order valence-electron chi connectivity index (χ4n) is 5.50. The van der Waals surface area contributed by atoms with E-state index in [1.165, 1.54) is 96.3 Å². The van der Waals surface area contributed by atoms with Crippen LogP contribution in [0.4, 0.5) is 0 Å². The third-order valence-corrected chi connectivity index (χ3v) is 8.19. The first-order chi connectivity index (χ1) is 20.6. The third kappa shape index (κ3) is 13.3. The lowest BCUT2D eigenvalue weighted by molar-refractivity contribution is 0.0733. The Kier molecular flexibility index (Phi) is 16.7. The van der Waals surface area contributed by atoms with Crippen molar-refractivity contribution in [1.29, 1.82) is 0 Å². The highest BCUT2D eigenvalue weighted by Gasteiger charge is 2.29. The van der Waals surface area contributed by atoms with Crippen LogP contribution >= 0.6 is 0 Å². The summed E-state index contributed by atoms with van der Waals surface area (Å²) in [6, 6.07) is 14.6. The molecule has 0 bridgehead atoms. The molecule has 0 N–H and O–H groups in total. The summed E-state index contributed by atoms with van der Waals surface area (Å²) in [4.78, 5) is 12.7. The Hall–Kier alpha value is -2.31. The largest absolute Gasteiger partial charge is 0.493 e. The second kappa shape index (κ2) is 20.6. The Morgan fingerprint density at radius 3 is 1.86 bits per heavy atom. The van der Waals surface area contributed by atoms with Gasteiger partial charge in [0.25, 0.3) is 0 Å². The predicted molar refractivity (Wildman–Crippen MR) is 174 cm³/mol. The highest BCUT2D eigenvalue weighted by atomic mass is 16.6. The van der Waals surface area contributed by atoms with Gasteiger partial charge in [-0.3, -0.25) is 0 Å². The summed E-state index contributed by atoms with van der Waals surface area (Å²) < 4.78 is 23.7. The number of hydrogen-bond acceptors (Lipinski definition) is 5. The first-order valence-electron chi connectivity index (χ1n) is 16.9. The van der Waals surface area contributed by atoms with E-state index >= 15 is 0 Å². The number of unbranched alkanes of at least 4 members (excludes halogenated alkanes) is 12. The molecule has 1 aliphatic heterocycles. The van der Waals surface area contributed by atoms with Crippen molar-refractivity contribution >= 4 is 18.6 Å². The highest BCUT2D eigenvalue weighted by Crippen LogP contribution is 2.22. The van der Waals surface area contributed by atoms with Crippen LogP contribution in [0.25, 0.3) is 0 Å². The molecule has 232 valence electrons. The summed E-state index contributed by atoms with van der Waals surface area (Å²) in [5.74, 6) is 1.37. The zero-order valence-electron chi connectivity index (χ0n) is 26.6. The SMILES string of the molecule is CCCCCCCCCCCCC1COB(c2ccc(C(=O)Oc3ccc(O[C@@H](C)CCCCCC)cc3)cc2)OC1. The Morgan fingerprint density at radius 2 is 1.26 bits per heavy atom. The van der Waals surface area contributed by atoms with Crippen LogP contribution in [0.3, 0.4) is 0 Å². The molecule has 1 fully saturated rings. The second-order valence-corrected chi connectivity index (χ2v) is 12.1. The quantitative estimate of drug-likeness (QED) is 0.0639. The van der Waals surface area contributed by atoms with E-state index in [-0.39, 0.29) is 19.2 Å². The lowest BCUT2D eigenvalue weighted by Gasteiger charge is -2.27. The van der Waals surface area contributed by atoms with Gasteiger partial charge in [-0.1, -0.05) is 109 Å². The Bertz CT molecular complexity index is 969. The number of hydrogen-bond donors (Lipinski definition) is 0. The molecule has 1 atom stereocenters. The van der Waals surface area contributed by atoms with Crippen molar-refractivity contribution in [2.45, 2.75) is 130 Å². The van der Waals surface area contributed by atoms with E-state index < -0.39 is 0 Å². The van der Waals surface area contributed by atoms with Crippen LogP contribution in [-0.2, 0) is 9.31 Å². The minimum atomic E-state index is -0.387. The number of ether oxygens (including phenoxy) is 2. The topological polar surface area (TPSA) is 54.0 Å². The van der Waals surface area contributed by atoms with Crippen LogP contribution < -0.4 is 14.9 Å². The number of benzene rings is 2. The lowest BCUT2D eigenvalue weighted by Crippen LogP contribution is -2.44. The molecule has 1 heterocycles. The van der Waals surface area contributed by atoms with E-state index in [0.717, 1.165) is 30.8 Å². The molecule has 0 amide bonds. The Morgan fingerprint density at radius 1 is 0.738 bits per heavy atom. The molecule has 0 saturated carbocycles. The molecule has 6 heteroatoms. The molecular weight excluding hydrogens is 523 g/mol. The molecule has 1 aliphatic rings. The Balaban J connectivity index is 1.30. The van der Waals surface area contributed by atoms with Gasteiger partial charge in [-0.05, 0) is 68.0 Å². The molecule has 2 aromatic rings. The zero-order chi connectivity index (χ0) is 29.8. The maximum absolute atomic E-state index is 12.7. The third-order valence-electron chi connectivity index (χ3n) is 8.19. The lowest BCUT2D eigenvalue weighted by atomic mass is 9.77. The van der Waals surface area contributed by atoms with Crippen LogP contribution in [0, 0.1) is 5.92 Å². The molecule has 5 nitrogen and oxygen atoms in total. The number of esters is 1. The normalized spacial score (nSPS) is 14.6. The van der Waals surface area contributed by atoms with Crippen LogP contribution in [0.2, 0.25) is 0 Å². The summed E-state index contributed by atoms with van der Waals surface area (Å²) in [5, 5.41) is 0. The Labute approximate surface area is 256 Å². The number of rotatable bonds is 21. The highest BCUT2D eigenvalue weighted by molar-refractivity contribution is 6.61. The van der Waals surface area contributed by atoms with E-state index in [9.17, 15) is 4.79 Å². The van der Waals surface area contributed by atoms with Crippen LogP contribution in [0.15, 0.2) is 48.5 Å². The van der Waals surface area contributed by atoms with Crippen molar-refractivity contribution in [2.24, 2.45) is 5.92 Å². The van der Waals surface area contributed by atoms with Crippen molar-refractivity contribution in [3.05, 3.63) is 54.1 Å². The van der Waals surface area contributed by atoms with Gasteiger partial charge in [0.05, 0.1) is 11.7 Å². The summed E-state index contributed by atoms with van der Waals surface area (Å²) in [6.45, 7) is 8.05. The molecule has 2 aromatic carbocycles. The van der Waals surface area contributed by atoms with Gasteiger partial charge >= 0.3 is 13.1 Å². The molecule has 0 radical (unpaired) electrons. The van der Waals surface area contributed by atoms with E-state index in [1.54, 1.807) is 24.3 Å². The average Bonchev–Trinajstić information content (AvgIpc) is 3.01. The predicted octanol–water partition coefficient (Wildman–Crippen LogP) is 9.31. The fraction of sp³-hybridized carbons (Fsp3) is 0.639. The standard InChI is InChI=1S/C36H55BO5/c1-4-6-8-10-11-12-13-14-15-17-19-31-28-39-37(40-29-31)33-22-20-32(21-23-33)36(38)42-35-26-24-34(25-27-35)41-30(3)18-16-9-7-5-2/h20-27,30-31H,4-19,28-29H2,1-3H3/t30-/m0/s1. The number of carbonyl (C=O) groups excluding carboxylic acids is 1. The van der Waals surface area contributed by atoms with Gasteiger partial charge in [0.1, 0.15) is 11.5 Å². The minimum absolute atomic E-state index is 0.168. The smallest absolute Gasteiger partial charge is 0.491 e. The van der Waals surface area contributed by atoms with Crippen molar-refractivity contribution in [3.8, 4) is 11.5 Å². The zero-order valence-corrected chi connectivity index (χ0v) is 26.6. The number of carbonyl (C=O) groups is 1. The fourth-order valence-corrected chi connectivity index (χ4v) is 5.50. The maximum atomic E-state index is 12.7. The van der Waals surface area contributed by atoms with Crippen LogP contribution in [0.1, 0.15) is 134 Å². The van der Waals surface area contributed by atoms with Gasteiger partial charge in [0.15, 0.2) is 0 Å². The van der Waals surface area contributed by atoms with E-state index in [0.29, 0.717) is 17.2 Å². The van der Waals surface area contributed by atoms with E-state index in [2.05, 4.69) is 20.8 Å². The molecule has 0 aliphatic carbocycles. The molecule has 1 saturated heterocycles. The van der Waals surface area contributed by atoms with Crippen molar-refractivity contribution in [1.82, 2.24) is 0 Å². The van der Waals surface area contributed by atoms with Gasteiger partial charge in [-0.2, -0.15) is 0 Å². The molecule has 42 heavy (non-hydrogen) atoms. The summed E-state index contributed by atoms with van der Waals surface area (Å²) in [7, 11) is -0.374. The monoisotopic (exact) mass is 578 g/mol. The summed E-state index contributed by atoms with van der Waals surface area (Å²) in [5.41, 5.74) is 1.42. The first kappa shape index (κ1) is 34.2. The summed E-state index contributed by atoms with van der Waals surface area (Å²) >= 11 is 0. The first-order valence-corrected chi connectivity index (χ1v) is 16.9. The molecule has 0 spiro atoms. The van der Waals surface area contributed by atoms with Gasteiger partial charge in [-0.25, -0.2) is 4.79 Å². The van der Waals surface area contributed by atoms with Gasteiger partial charge < -0.3 is 18.8 Å².